The van der Waals surface area contributed by atoms with E-state index in [0.717, 1.165) is 75.7 Å². The highest BCUT2D eigenvalue weighted by atomic mass is 16.6. The van der Waals surface area contributed by atoms with Gasteiger partial charge < -0.3 is 15.3 Å². The molecule has 0 amide bonds. The maximum absolute atomic E-state index is 12.6. The van der Waals surface area contributed by atoms with Crippen LogP contribution in [0.4, 0.5) is 0 Å². The first-order valence-electron chi connectivity index (χ1n) is 11.6. The summed E-state index contributed by atoms with van der Waals surface area (Å²) in [7, 11) is 0. The van der Waals surface area contributed by atoms with Crippen molar-refractivity contribution in [3.8, 4) is 0 Å². The van der Waals surface area contributed by atoms with Gasteiger partial charge in [0.25, 0.3) is 0 Å². The molecule has 1 saturated heterocycles. The summed E-state index contributed by atoms with van der Waals surface area (Å²) in [4.78, 5) is 18.4. The SMILES string of the molecule is C=C1CC2C3CCC(=O)[C@@]3(C)CCC2[C@@]2(C)CC/C(=N\OC3CCNC3)C[C@]12O. The van der Waals surface area contributed by atoms with Crippen molar-refractivity contribution in [3.63, 3.8) is 0 Å². The highest BCUT2D eigenvalue weighted by molar-refractivity contribution is 5.88. The van der Waals surface area contributed by atoms with Gasteiger partial charge in [0.15, 0.2) is 0 Å². The van der Waals surface area contributed by atoms with Gasteiger partial charge in [0.1, 0.15) is 11.9 Å². The number of ketones is 1. The third-order valence-corrected chi connectivity index (χ3v) is 9.72. The molecule has 5 fully saturated rings. The Morgan fingerprint density at radius 2 is 2.00 bits per heavy atom. The van der Waals surface area contributed by atoms with E-state index in [1.54, 1.807) is 0 Å². The second kappa shape index (κ2) is 6.65. The van der Waals surface area contributed by atoms with Gasteiger partial charge in [0, 0.05) is 36.6 Å². The highest BCUT2D eigenvalue weighted by Crippen LogP contribution is 2.67. The molecule has 0 aromatic rings. The summed E-state index contributed by atoms with van der Waals surface area (Å²) in [5.41, 5.74) is 0.706. The summed E-state index contributed by atoms with van der Waals surface area (Å²) >= 11 is 0. The third-order valence-electron chi connectivity index (χ3n) is 9.72. The second-order valence-corrected chi connectivity index (χ2v) is 10.9. The first-order valence-corrected chi connectivity index (χ1v) is 11.6. The summed E-state index contributed by atoms with van der Waals surface area (Å²) in [6.45, 7) is 10.7. The number of oxime groups is 1. The van der Waals surface area contributed by atoms with E-state index in [2.05, 4.69) is 30.9 Å². The fraction of sp³-hybridized carbons (Fsp3) is 0.833. The lowest BCUT2D eigenvalue weighted by molar-refractivity contribution is -0.161. The molecule has 4 aliphatic carbocycles. The molecule has 5 nitrogen and oxygen atoms in total. The van der Waals surface area contributed by atoms with Gasteiger partial charge in [-0.3, -0.25) is 4.79 Å². The molecule has 29 heavy (non-hydrogen) atoms. The molecule has 5 rings (SSSR count). The minimum absolute atomic E-state index is 0.141. The Morgan fingerprint density at radius 1 is 1.17 bits per heavy atom. The summed E-state index contributed by atoms with van der Waals surface area (Å²) in [6.07, 6.45) is 8.14. The molecule has 160 valence electrons. The van der Waals surface area contributed by atoms with Gasteiger partial charge in [0.2, 0.25) is 0 Å². The predicted molar refractivity (Wildman–Crippen MR) is 113 cm³/mol. The zero-order valence-corrected chi connectivity index (χ0v) is 18.0. The highest BCUT2D eigenvalue weighted by Gasteiger charge is 2.65. The quantitative estimate of drug-likeness (QED) is 0.549. The number of carbonyl (C=O) groups is 1. The van der Waals surface area contributed by atoms with E-state index in [1.807, 2.05) is 0 Å². The van der Waals surface area contributed by atoms with Gasteiger partial charge in [-0.1, -0.05) is 25.6 Å². The van der Waals surface area contributed by atoms with Crippen LogP contribution in [-0.4, -0.2) is 41.4 Å². The summed E-state index contributed by atoms with van der Waals surface area (Å²) in [6, 6.07) is 0. The van der Waals surface area contributed by atoms with Crippen LogP contribution in [0.5, 0.6) is 0 Å². The van der Waals surface area contributed by atoms with Crippen molar-refractivity contribution < 1.29 is 14.7 Å². The zero-order valence-electron chi connectivity index (χ0n) is 18.0. The number of fused-ring (bicyclic) bond motifs is 5. The van der Waals surface area contributed by atoms with Crippen LogP contribution in [0, 0.1) is 28.6 Å². The average Bonchev–Trinajstić information content (AvgIpc) is 3.31. The Bertz CT molecular complexity index is 757. The van der Waals surface area contributed by atoms with Crippen LogP contribution >= 0.6 is 0 Å². The molecule has 5 aliphatic rings. The topological polar surface area (TPSA) is 70.9 Å². The molecular formula is C24H36N2O3. The Kier molecular flexibility index (Phi) is 4.53. The lowest BCUT2D eigenvalue weighted by Crippen LogP contribution is -2.63. The third kappa shape index (κ3) is 2.72. The van der Waals surface area contributed by atoms with Crippen molar-refractivity contribution in [1.82, 2.24) is 5.32 Å². The van der Waals surface area contributed by atoms with Crippen LogP contribution in [0.3, 0.4) is 0 Å². The van der Waals surface area contributed by atoms with Gasteiger partial charge >= 0.3 is 0 Å². The number of nitrogens with zero attached hydrogens (tertiary/aromatic N) is 1. The minimum Gasteiger partial charge on any atom is -0.391 e. The van der Waals surface area contributed by atoms with Gasteiger partial charge in [-0.15, -0.1) is 0 Å². The van der Waals surface area contributed by atoms with Crippen LogP contribution in [-0.2, 0) is 9.63 Å². The van der Waals surface area contributed by atoms with E-state index < -0.39 is 5.60 Å². The number of nitrogens with one attached hydrogen (secondary N) is 1. The predicted octanol–water partition coefficient (Wildman–Crippen LogP) is 3.61. The number of aliphatic hydroxyl groups is 1. The molecule has 0 spiro atoms. The molecule has 7 atom stereocenters. The van der Waals surface area contributed by atoms with Crippen LogP contribution in [0.2, 0.25) is 0 Å². The van der Waals surface area contributed by atoms with Gasteiger partial charge in [-0.05, 0) is 68.4 Å². The van der Waals surface area contributed by atoms with E-state index in [4.69, 9.17) is 4.84 Å². The van der Waals surface area contributed by atoms with Crippen molar-refractivity contribution in [3.05, 3.63) is 12.2 Å². The molecule has 2 N–H and O–H groups in total. The number of Topliss-reactive ketones (excluding diaryl/α,β-unsaturated/α-hetero) is 1. The fourth-order valence-electron chi connectivity index (χ4n) is 7.75. The first kappa shape index (κ1) is 19.7. The van der Waals surface area contributed by atoms with Gasteiger partial charge in [-0.2, -0.15) is 0 Å². The van der Waals surface area contributed by atoms with Crippen molar-refractivity contribution in [1.29, 1.82) is 0 Å². The molecule has 0 bridgehead atoms. The van der Waals surface area contributed by atoms with Crippen LogP contribution in [0.25, 0.3) is 0 Å². The van der Waals surface area contributed by atoms with Crippen molar-refractivity contribution >= 4 is 11.5 Å². The van der Waals surface area contributed by atoms with E-state index in [9.17, 15) is 9.90 Å². The smallest absolute Gasteiger partial charge is 0.141 e. The van der Waals surface area contributed by atoms with E-state index >= 15 is 0 Å². The molecule has 5 heteroatoms. The van der Waals surface area contributed by atoms with Gasteiger partial charge in [-0.25, -0.2) is 0 Å². The largest absolute Gasteiger partial charge is 0.391 e. The van der Waals surface area contributed by atoms with Crippen molar-refractivity contribution in [2.24, 2.45) is 33.7 Å². The first-order chi connectivity index (χ1) is 13.8. The number of hydrogen-bond acceptors (Lipinski definition) is 5. The maximum Gasteiger partial charge on any atom is 0.141 e. The summed E-state index contributed by atoms with van der Waals surface area (Å²) < 4.78 is 0. The van der Waals surface area contributed by atoms with Crippen LogP contribution < -0.4 is 5.32 Å². The average molecular weight is 401 g/mol. The fourth-order valence-corrected chi connectivity index (χ4v) is 7.75. The lowest BCUT2D eigenvalue weighted by Gasteiger charge is -2.63. The Morgan fingerprint density at radius 3 is 2.76 bits per heavy atom. The number of carbonyl (C=O) groups excluding carboxylic acids is 1. The second-order valence-electron chi connectivity index (χ2n) is 10.9. The Hall–Kier alpha value is -1.20. The molecule has 4 unspecified atom stereocenters. The summed E-state index contributed by atoms with van der Waals surface area (Å²) in [5.74, 6) is 1.87. The van der Waals surface area contributed by atoms with Crippen LogP contribution in [0.15, 0.2) is 17.3 Å². The normalized spacial score (nSPS) is 50.9. The maximum atomic E-state index is 12.6. The summed E-state index contributed by atoms with van der Waals surface area (Å²) in [5, 5.41) is 19.7. The zero-order chi connectivity index (χ0) is 20.4. The Balaban J connectivity index is 1.40. The van der Waals surface area contributed by atoms with E-state index in [0.29, 0.717) is 30.0 Å². The molecule has 0 radical (unpaired) electrons. The molecule has 1 heterocycles. The molecule has 0 aromatic heterocycles. The lowest BCUT2D eigenvalue weighted by atomic mass is 9.43. The monoisotopic (exact) mass is 400 g/mol. The van der Waals surface area contributed by atoms with Crippen molar-refractivity contribution in [2.45, 2.75) is 83.3 Å². The van der Waals surface area contributed by atoms with Crippen molar-refractivity contribution in [2.75, 3.05) is 13.1 Å². The number of rotatable bonds is 2. The van der Waals surface area contributed by atoms with E-state index in [1.165, 1.54) is 0 Å². The van der Waals surface area contributed by atoms with Gasteiger partial charge in [0.05, 0.1) is 11.3 Å². The molecule has 4 saturated carbocycles. The molecule has 1 aliphatic heterocycles. The van der Waals surface area contributed by atoms with Crippen LogP contribution in [0.1, 0.15) is 71.6 Å². The Labute approximate surface area is 174 Å². The molecular weight excluding hydrogens is 364 g/mol. The van der Waals surface area contributed by atoms with E-state index in [-0.39, 0.29) is 16.9 Å². The number of hydrogen-bond donors (Lipinski definition) is 2. The minimum atomic E-state index is -0.904. The standard InChI is InChI=1S/C24H36N2O3/c1-15-12-18-19-4-5-21(27)22(19,2)9-7-20(18)23(3)10-6-16(13-24(15,23)28)26-29-17-8-11-25-14-17/h17-20,25,28H,1,4-14H2,2-3H3/b26-16+/t17?,18?,19?,20?,22-,23+,24-/m0/s1. The molecule has 0 aromatic carbocycles.